The second-order valence-corrected chi connectivity index (χ2v) is 3.95. The van der Waals surface area contributed by atoms with Crippen LogP contribution in [0.25, 0.3) is 0 Å². The third-order valence-electron chi connectivity index (χ3n) is 1.90. The summed E-state index contributed by atoms with van der Waals surface area (Å²) in [6, 6.07) is 7.56. The highest BCUT2D eigenvalue weighted by molar-refractivity contribution is 9.10. The second kappa shape index (κ2) is 5.18. The lowest BCUT2D eigenvalue weighted by molar-refractivity contribution is 0.0979. The number of benzene rings is 1. The maximum Gasteiger partial charge on any atom is 0.162 e. The van der Waals surface area contributed by atoms with E-state index in [2.05, 4.69) is 22.9 Å². The molecule has 0 aliphatic carbocycles. The van der Waals surface area contributed by atoms with Crippen LogP contribution in [0.2, 0.25) is 0 Å². The maximum atomic E-state index is 11.5. The van der Waals surface area contributed by atoms with Gasteiger partial charge in [0, 0.05) is 16.5 Å². The van der Waals surface area contributed by atoms with Gasteiger partial charge in [0.1, 0.15) is 0 Å². The van der Waals surface area contributed by atoms with Crippen LogP contribution in [0.15, 0.2) is 28.7 Å². The molecule has 0 heterocycles. The molecule has 2 heteroatoms. The normalized spacial score (nSPS) is 10.0. The second-order valence-electron chi connectivity index (χ2n) is 3.04. The van der Waals surface area contributed by atoms with Crippen LogP contribution in [0.1, 0.15) is 36.5 Å². The highest BCUT2D eigenvalue weighted by Gasteiger charge is 2.04. The average molecular weight is 241 g/mol. The van der Waals surface area contributed by atoms with Gasteiger partial charge in [-0.05, 0) is 18.6 Å². The molecule has 0 aromatic heterocycles. The van der Waals surface area contributed by atoms with Crippen molar-refractivity contribution in [3.63, 3.8) is 0 Å². The van der Waals surface area contributed by atoms with E-state index >= 15 is 0 Å². The molecule has 1 aromatic rings. The largest absolute Gasteiger partial charge is 0.294 e. The van der Waals surface area contributed by atoms with Crippen molar-refractivity contribution in [1.29, 1.82) is 0 Å². The third-order valence-corrected chi connectivity index (χ3v) is 2.40. The van der Waals surface area contributed by atoms with Crippen LogP contribution in [-0.2, 0) is 0 Å². The summed E-state index contributed by atoms with van der Waals surface area (Å²) < 4.78 is 0.967. The molecule has 0 amide bonds. The van der Waals surface area contributed by atoms with Gasteiger partial charge in [-0.15, -0.1) is 0 Å². The molecule has 1 rings (SSSR count). The molecular formula is C11H13BrO. The maximum absolute atomic E-state index is 11.5. The summed E-state index contributed by atoms with van der Waals surface area (Å²) >= 11 is 3.35. The Morgan fingerprint density at radius 2 is 2.23 bits per heavy atom. The quantitative estimate of drug-likeness (QED) is 0.732. The number of ketones is 1. The van der Waals surface area contributed by atoms with Crippen LogP contribution >= 0.6 is 15.9 Å². The molecule has 0 spiro atoms. The minimum absolute atomic E-state index is 0.239. The minimum Gasteiger partial charge on any atom is -0.294 e. The molecular weight excluding hydrogens is 228 g/mol. The van der Waals surface area contributed by atoms with Gasteiger partial charge in [0.2, 0.25) is 0 Å². The van der Waals surface area contributed by atoms with E-state index in [-0.39, 0.29) is 5.78 Å². The van der Waals surface area contributed by atoms with Crippen molar-refractivity contribution in [2.24, 2.45) is 0 Å². The fourth-order valence-corrected chi connectivity index (χ4v) is 1.54. The van der Waals surface area contributed by atoms with Crippen molar-refractivity contribution >= 4 is 21.7 Å². The standard InChI is InChI=1S/C11H13BrO/c1-2-3-7-11(13)9-5-4-6-10(12)8-9/h4-6,8H,2-3,7H2,1H3. The fourth-order valence-electron chi connectivity index (χ4n) is 1.14. The number of carbonyl (C=O) groups is 1. The lowest BCUT2D eigenvalue weighted by Crippen LogP contribution is -1.97. The molecule has 0 saturated carbocycles. The molecule has 0 atom stereocenters. The zero-order chi connectivity index (χ0) is 9.68. The number of Topliss-reactive ketones (excluding diaryl/α,β-unsaturated/α-hetero) is 1. The van der Waals surface area contributed by atoms with Gasteiger partial charge in [-0.3, -0.25) is 4.79 Å². The first-order valence-corrected chi connectivity index (χ1v) is 5.32. The Kier molecular flexibility index (Phi) is 4.16. The summed E-state index contributed by atoms with van der Waals surface area (Å²) in [7, 11) is 0. The first kappa shape index (κ1) is 10.5. The number of hydrogen-bond donors (Lipinski definition) is 0. The van der Waals surface area contributed by atoms with Crippen LogP contribution in [0, 0.1) is 0 Å². The number of rotatable bonds is 4. The highest BCUT2D eigenvalue weighted by atomic mass is 79.9. The van der Waals surface area contributed by atoms with Crippen molar-refractivity contribution in [3.05, 3.63) is 34.3 Å². The molecule has 1 nitrogen and oxygen atoms in total. The fraction of sp³-hybridized carbons (Fsp3) is 0.364. The van der Waals surface area contributed by atoms with Gasteiger partial charge < -0.3 is 0 Å². The predicted molar refractivity (Wildman–Crippen MR) is 58.0 cm³/mol. The molecule has 13 heavy (non-hydrogen) atoms. The first-order valence-electron chi connectivity index (χ1n) is 4.53. The van der Waals surface area contributed by atoms with Gasteiger partial charge in [-0.25, -0.2) is 0 Å². The van der Waals surface area contributed by atoms with Crippen molar-refractivity contribution in [2.75, 3.05) is 0 Å². The number of hydrogen-bond acceptors (Lipinski definition) is 1. The van der Waals surface area contributed by atoms with E-state index in [1.807, 2.05) is 24.3 Å². The molecule has 0 radical (unpaired) electrons. The van der Waals surface area contributed by atoms with Gasteiger partial charge >= 0.3 is 0 Å². The van der Waals surface area contributed by atoms with E-state index in [9.17, 15) is 4.79 Å². The molecule has 70 valence electrons. The van der Waals surface area contributed by atoms with Gasteiger partial charge in [0.15, 0.2) is 5.78 Å². The Morgan fingerprint density at radius 1 is 1.46 bits per heavy atom. The van der Waals surface area contributed by atoms with Crippen LogP contribution in [0.3, 0.4) is 0 Å². The SMILES string of the molecule is CCCCC(=O)c1cccc(Br)c1. The van der Waals surface area contributed by atoms with Crippen molar-refractivity contribution in [2.45, 2.75) is 26.2 Å². The molecule has 0 saturated heterocycles. The Morgan fingerprint density at radius 3 is 2.85 bits per heavy atom. The van der Waals surface area contributed by atoms with E-state index in [4.69, 9.17) is 0 Å². The summed E-state index contributed by atoms with van der Waals surface area (Å²) in [6.45, 7) is 2.09. The molecule has 0 aliphatic heterocycles. The van der Waals surface area contributed by atoms with Gasteiger partial charge in [-0.2, -0.15) is 0 Å². The summed E-state index contributed by atoms with van der Waals surface area (Å²) in [5, 5.41) is 0. The van der Waals surface area contributed by atoms with Gasteiger partial charge in [-0.1, -0.05) is 41.4 Å². The van der Waals surface area contributed by atoms with Crippen LogP contribution < -0.4 is 0 Å². The number of carbonyl (C=O) groups excluding carboxylic acids is 1. The van der Waals surface area contributed by atoms with Crippen molar-refractivity contribution in [1.82, 2.24) is 0 Å². The monoisotopic (exact) mass is 240 g/mol. The first-order chi connectivity index (χ1) is 6.24. The predicted octanol–water partition coefficient (Wildman–Crippen LogP) is 3.82. The molecule has 1 aromatic carbocycles. The van der Waals surface area contributed by atoms with E-state index in [1.165, 1.54) is 0 Å². The third kappa shape index (κ3) is 3.31. The van der Waals surface area contributed by atoms with Crippen molar-refractivity contribution in [3.8, 4) is 0 Å². The van der Waals surface area contributed by atoms with Gasteiger partial charge in [0.25, 0.3) is 0 Å². The van der Waals surface area contributed by atoms with Crippen LogP contribution in [-0.4, -0.2) is 5.78 Å². The van der Waals surface area contributed by atoms with Crippen molar-refractivity contribution < 1.29 is 4.79 Å². The smallest absolute Gasteiger partial charge is 0.162 e. The highest BCUT2D eigenvalue weighted by Crippen LogP contribution is 2.13. The molecule has 0 N–H and O–H groups in total. The Balaban J connectivity index is 2.66. The number of halogens is 1. The zero-order valence-corrected chi connectivity index (χ0v) is 9.30. The average Bonchev–Trinajstić information content (AvgIpc) is 2.14. The summed E-state index contributed by atoms with van der Waals surface area (Å²) in [4.78, 5) is 11.5. The molecule has 0 bridgehead atoms. The summed E-state index contributed by atoms with van der Waals surface area (Å²) in [5.74, 6) is 0.239. The van der Waals surface area contributed by atoms with Crippen LogP contribution in [0.4, 0.5) is 0 Å². The summed E-state index contributed by atoms with van der Waals surface area (Å²) in [6.07, 6.45) is 2.71. The molecule has 0 fully saturated rings. The molecule has 0 aliphatic rings. The molecule has 0 unspecified atom stereocenters. The minimum atomic E-state index is 0.239. The van der Waals surface area contributed by atoms with Gasteiger partial charge in [0.05, 0.1) is 0 Å². The Labute approximate surface area is 87.3 Å². The van der Waals surface area contributed by atoms with E-state index in [0.717, 1.165) is 22.9 Å². The topological polar surface area (TPSA) is 17.1 Å². The number of unbranched alkanes of at least 4 members (excludes halogenated alkanes) is 1. The summed E-state index contributed by atoms with van der Waals surface area (Å²) in [5.41, 5.74) is 0.808. The van der Waals surface area contributed by atoms with E-state index in [0.29, 0.717) is 6.42 Å². The zero-order valence-electron chi connectivity index (χ0n) is 7.72. The van der Waals surface area contributed by atoms with E-state index < -0.39 is 0 Å². The Hall–Kier alpha value is -0.630. The van der Waals surface area contributed by atoms with Crippen LogP contribution in [0.5, 0.6) is 0 Å². The lowest BCUT2D eigenvalue weighted by atomic mass is 10.1. The lowest BCUT2D eigenvalue weighted by Gasteiger charge is -1.99. The Bertz CT molecular complexity index is 294. The van der Waals surface area contributed by atoms with E-state index in [1.54, 1.807) is 0 Å².